The van der Waals surface area contributed by atoms with Crippen molar-refractivity contribution in [1.29, 1.82) is 5.26 Å². The number of amides is 1. The number of ether oxygens (including phenoxy) is 1. The van der Waals surface area contributed by atoms with Crippen molar-refractivity contribution in [1.82, 2.24) is 4.31 Å². The predicted octanol–water partition coefficient (Wildman–Crippen LogP) is 3.45. The van der Waals surface area contributed by atoms with Crippen LogP contribution in [0.25, 0.3) is 0 Å². The van der Waals surface area contributed by atoms with E-state index < -0.39 is 15.9 Å². The summed E-state index contributed by atoms with van der Waals surface area (Å²) in [5.41, 5.74) is 1.35. The monoisotopic (exact) mass is 435 g/mol. The standard InChI is InChI=1S/C20H22ClN3O4S/c1-3-24(14-20(25)23-16-7-5-15(6-8-16)11-12-22)29(26,27)17-9-10-19(28-4-2)18(21)13-17/h5-10,13H,3-4,11,14H2,1-2H3,(H,23,25). The molecule has 0 unspecified atom stereocenters. The maximum Gasteiger partial charge on any atom is 0.243 e. The lowest BCUT2D eigenvalue weighted by Gasteiger charge is -2.20. The minimum atomic E-state index is -3.91. The fourth-order valence-electron chi connectivity index (χ4n) is 2.59. The Morgan fingerprint density at radius 3 is 2.45 bits per heavy atom. The van der Waals surface area contributed by atoms with Crippen LogP contribution in [0.1, 0.15) is 19.4 Å². The van der Waals surface area contributed by atoms with Gasteiger partial charge in [0.25, 0.3) is 0 Å². The lowest BCUT2D eigenvalue weighted by Crippen LogP contribution is -2.37. The summed E-state index contributed by atoms with van der Waals surface area (Å²) in [5.74, 6) is -0.0748. The van der Waals surface area contributed by atoms with E-state index in [1.165, 1.54) is 18.2 Å². The van der Waals surface area contributed by atoms with Crippen LogP contribution < -0.4 is 10.1 Å². The molecule has 0 aliphatic rings. The van der Waals surface area contributed by atoms with Crippen molar-refractivity contribution in [3.05, 3.63) is 53.1 Å². The van der Waals surface area contributed by atoms with Gasteiger partial charge in [-0.05, 0) is 42.8 Å². The van der Waals surface area contributed by atoms with Gasteiger partial charge in [-0.3, -0.25) is 4.79 Å². The summed E-state index contributed by atoms with van der Waals surface area (Å²) in [5, 5.41) is 11.5. The number of halogens is 1. The number of rotatable bonds is 9. The van der Waals surface area contributed by atoms with Gasteiger partial charge in [-0.2, -0.15) is 9.57 Å². The third kappa shape index (κ3) is 5.94. The van der Waals surface area contributed by atoms with Crippen molar-refractivity contribution in [2.75, 3.05) is 25.0 Å². The highest BCUT2D eigenvalue weighted by atomic mass is 35.5. The van der Waals surface area contributed by atoms with Gasteiger partial charge in [-0.1, -0.05) is 30.7 Å². The van der Waals surface area contributed by atoms with E-state index in [1.54, 1.807) is 38.1 Å². The number of hydrogen-bond donors (Lipinski definition) is 1. The molecular formula is C20H22ClN3O4S. The third-order valence-corrected chi connectivity index (χ3v) is 6.25. The summed E-state index contributed by atoms with van der Waals surface area (Å²) in [6.45, 7) is 3.63. The largest absolute Gasteiger partial charge is 0.492 e. The number of hydrogen-bond acceptors (Lipinski definition) is 5. The van der Waals surface area contributed by atoms with Gasteiger partial charge >= 0.3 is 0 Å². The average molecular weight is 436 g/mol. The molecule has 0 aliphatic heterocycles. The summed E-state index contributed by atoms with van der Waals surface area (Å²) in [7, 11) is -3.91. The number of sulfonamides is 1. The molecular weight excluding hydrogens is 414 g/mol. The molecule has 0 saturated carbocycles. The number of carbonyl (C=O) groups is 1. The van der Waals surface area contributed by atoms with Crippen molar-refractivity contribution >= 4 is 33.2 Å². The van der Waals surface area contributed by atoms with Gasteiger partial charge in [0.2, 0.25) is 15.9 Å². The Morgan fingerprint density at radius 1 is 1.21 bits per heavy atom. The Bertz CT molecular complexity index is 1000. The molecule has 1 amide bonds. The van der Waals surface area contributed by atoms with Crippen LogP contribution in [0.15, 0.2) is 47.4 Å². The lowest BCUT2D eigenvalue weighted by molar-refractivity contribution is -0.116. The fraction of sp³-hybridized carbons (Fsp3) is 0.300. The van der Waals surface area contributed by atoms with Gasteiger partial charge in [0.05, 0.1) is 35.6 Å². The zero-order chi connectivity index (χ0) is 21.4. The quantitative estimate of drug-likeness (QED) is 0.650. The second-order valence-electron chi connectivity index (χ2n) is 6.04. The molecule has 2 aromatic carbocycles. The first-order chi connectivity index (χ1) is 13.8. The van der Waals surface area contributed by atoms with E-state index in [9.17, 15) is 13.2 Å². The Morgan fingerprint density at radius 2 is 1.90 bits per heavy atom. The second-order valence-corrected chi connectivity index (χ2v) is 8.38. The molecule has 0 spiro atoms. The van der Waals surface area contributed by atoms with Crippen molar-refractivity contribution in [2.45, 2.75) is 25.2 Å². The zero-order valence-corrected chi connectivity index (χ0v) is 17.8. The minimum absolute atomic E-state index is 0.0125. The zero-order valence-electron chi connectivity index (χ0n) is 16.2. The first-order valence-electron chi connectivity index (χ1n) is 9.00. The summed E-state index contributed by atoms with van der Waals surface area (Å²) in [6.07, 6.45) is 0.279. The van der Waals surface area contributed by atoms with E-state index in [1.807, 2.05) is 6.07 Å². The number of nitriles is 1. The van der Waals surface area contributed by atoms with Gasteiger partial charge in [0.1, 0.15) is 5.75 Å². The Labute approximate surface area is 175 Å². The van der Waals surface area contributed by atoms with Crippen LogP contribution in [0, 0.1) is 11.3 Å². The highest BCUT2D eigenvalue weighted by molar-refractivity contribution is 7.89. The molecule has 1 N–H and O–H groups in total. The number of benzene rings is 2. The number of carbonyl (C=O) groups excluding carboxylic acids is 1. The molecule has 0 bridgehead atoms. The maximum atomic E-state index is 12.9. The lowest BCUT2D eigenvalue weighted by atomic mass is 10.1. The van der Waals surface area contributed by atoms with E-state index in [2.05, 4.69) is 5.32 Å². The van der Waals surface area contributed by atoms with Gasteiger partial charge in [0.15, 0.2) is 0 Å². The third-order valence-electron chi connectivity index (χ3n) is 4.03. The predicted molar refractivity (Wildman–Crippen MR) is 111 cm³/mol. The first-order valence-corrected chi connectivity index (χ1v) is 10.8. The number of nitrogens with one attached hydrogen (secondary N) is 1. The summed E-state index contributed by atoms with van der Waals surface area (Å²) < 4.78 is 32.2. The van der Waals surface area contributed by atoms with Crippen LogP contribution in [-0.2, 0) is 21.2 Å². The normalized spacial score (nSPS) is 11.1. The Balaban J connectivity index is 2.12. The molecule has 9 heteroatoms. The van der Waals surface area contributed by atoms with Crippen LogP contribution in [0.2, 0.25) is 5.02 Å². The van der Waals surface area contributed by atoms with Crippen LogP contribution in [-0.4, -0.2) is 38.3 Å². The molecule has 0 aliphatic carbocycles. The summed E-state index contributed by atoms with van der Waals surface area (Å²) in [6, 6.07) is 13.1. The SMILES string of the molecule is CCOc1ccc(S(=O)(=O)N(CC)CC(=O)Nc2ccc(CC#N)cc2)cc1Cl. The van der Waals surface area contributed by atoms with Gasteiger partial charge in [-0.25, -0.2) is 8.42 Å². The van der Waals surface area contributed by atoms with Crippen LogP contribution in [0.4, 0.5) is 5.69 Å². The van der Waals surface area contributed by atoms with Gasteiger partial charge < -0.3 is 10.1 Å². The number of likely N-dealkylation sites (N-methyl/N-ethyl adjacent to an activating group) is 1. The summed E-state index contributed by atoms with van der Waals surface area (Å²) >= 11 is 6.10. The molecule has 154 valence electrons. The maximum absolute atomic E-state index is 12.9. The van der Waals surface area contributed by atoms with E-state index in [0.29, 0.717) is 18.0 Å². The minimum Gasteiger partial charge on any atom is -0.492 e. The first kappa shape index (κ1) is 22.7. The van der Waals surface area contributed by atoms with Crippen LogP contribution in [0.3, 0.4) is 0 Å². The highest BCUT2D eigenvalue weighted by Gasteiger charge is 2.26. The topological polar surface area (TPSA) is 99.5 Å². The number of nitrogens with zero attached hydrogens (tertiary/aromatic N) is 2. The molecule has 0 heterocycles. The highest BCUT2D eigenvalue weighted by Crippen LogP contribution is 2.28. The van der Waals surface area contributed by atoms with Crippen molar-refractivity contribution in [3.63, 3.8) is 0 Å². The molecule has 7 nitrogen and oxygen atoms in total. The molecule has 0 atom stereocenters. The molecule has 0 aromatic heterocycles. The molecule has 29 heavy (non-hydrogen) atoms. The second kappa shape index (κ2) is 10.3. The molecule has 2 aromatic rings. The molecule has 0 saturated heterocycles. The van der Waals surface area contributed by atoms with Crippen LogP contribution in [0.5, 0.6) is 5.75 Å². The Hall–Kier alpha value is -2.60. The van der Waals surface area contributed by atoms with Crippen molar-refractivity contribution in [3.8, 4) is 11.8 Å². The van der Waals surface area contributed by atoms with E-state index >= 15 is 0 Å². The van der Waals surface area contributed by atoms with E-state index in [4.69, 9.17) is 21.6 Å². The number of anilines is 1. The van der Waals surface area contributed by atoms with Crippen molar-refractivity contribution in [2.24, 2.45) is 0 Å². The van der Waals surface area contributed by atoms with Gasteiger partial charge in [-0.15, -0.1) is 0 Å². The molecule has 0 fully saturated rings. The fourth-order valence-corrected chi connectivity index (χ4v) is 4.32. The van der Waals surface area contributed by atoms with E-state index in [-0.39, 0.29) is 29.4 Å². The average Bonchev–Trinajstić information content (AvgIpc) is 2.69. The molecule has 2 rings (SSSR count). The Kier molecular flexibility index (Phi) is 8.02. The van der Waals surface area contributed by atoms with E-state index in [0.717, 1.165) is 9.87 Å². The van der Waals surface area contributed by atoms with Crippen molar-refractivity contribution < 1.29 is 17.9 Å². The summed E-state index contributed by atoms with van der Waals surface area (Å²) in [4.78, 5) is 12.3. The smallest absolute Gasteiger partial charge is 0.243 e. The van der Waals surface area contributed by atoms with Gasteiger partial charge in [0, 0.05) is 12.2 Å². The molecule has 0 radical (unpaired) electrons. The van der Waals surface area contributed by atoms with Crippen LogP contribution >= 0.6 is 11.6 Å².